The predicted molar refractivity (Wildman–Crippen MR) is 94.0 cm³/mol. The highest BCUT2D eigenvalue weighted by Crippen LogP contribution is 2.37. The van der Waals surface area contributed by atoms with E-state index in [-0.39, 0.29) is 11.9 Å². The summed E-state index contributed by atoms with van der Waals surface area (Å²) in [5.74, 6) is 0.903. The Bertz CT molecular complexity index is 927. The summed E-state index contributed by atoms with van der Waals surface area (Å²) < 4.78 is 5.32. The van der Waals surface area contributed by atoms with Crippen molar-refractivity contribution in [3.8, 4) is 11.1 Å². The largest absolute Gasteiger partial charge is 0.361 e. The molecule has 1 aromatic carbocycles. The highest BCUT2D eigenvalue weighted by atomic mass is 16.5. The van der Waals surface area contributed by atoms with Gasteiger partial charge >= 0.3 is 0 Å². The minimum absolute atomic E-state index is 0.105. The van der Waals surface area contributed by atoms with Crippen LogP contribution in [0.15, 0.2) is 47.1 Å². The molecule has 0 fully saturated rings. The standard InChI is InChI=1S/C20H19N3O2/c1-12-19(13(2)25-22-12)15-8-7-14-11-18(24)23(3)20(16(14)10-15)17-6-4-5-9-21-17/h4-10,20H,11H2,1-3H3. The number of rotatable bonds is 2. The van der Waals surface area contributed by atoms with Gasteiger partial charge in [-0.25, -0.2) is 0 Å². The Kier molecular flexibility index (Phi) is 3.64. The minimum Gasteiger partial charge on any atom is -0.361 e. The summed E-state index contributed by atoms with van der Waals surface area (Å²) in [6, 6.07) is 11.8. The molecule has 1 aliphatic rings. The third-order valence-electron chi connectivity index (χ3n) is 4.85. The van der Waals surface area contributed by atoms with Crippen LogP contribution in [0.2, 0.25) is 0 Å². The van der Waals surface area contributed by atoms with E-state index in [1.165, 1.54) is 0 Å². The number of hydrogen-bond donors (Lipinski definition) is 0. The molecule has 2 aromatic heterocycles. The fraction of sp³-hybridized carbons (Fsp3) is 0.250. The molecule has 0 spiro atoms. The summed E-state index contributed by atoms with van der Waals surface area (Å²) in [6.07, 6.45) is 2.18. The summed E-state index contributed by atoms with van der Waals surface area (Å²) in [6.45, 7) is 3.86. The molecular formula is C20H19N3O2. The van der Waals surface area contributed by atoms with E-state index in [1.54, 1.807) is 11.1 Å². The average Bonchev–Trinajstić information content (AvgIpc) is 2.95. The lowest BCUT2D eigenvalue weighted by Gasteiger charge is -2.34. The lowest BCUT2D eigenvalue weighted by Crippen LogP contribution is -2.38. The van der Waals surface area contributed by atoms with Gasteiger partial charge in [-0.1, -0.05) is 23.4 Å². The Morgan fingerprint density at radius 3 is 2.72 bits per heavy atom. The zero-order valence-corrected chi connectivity index (χ0v) is 14.5. The maximum absolute atomic E-state index is 12.4. The van der Waals surface area contributed by atoms with Crippen LogP contribution in [0.4, 0.5) is 0 Å². The van der Waals surface area contributed by atoms with Crippen LogP contribution >= 0.6 is 0 Å². The normalized spacial score (nSPS) is 16.8. The first-order valence-corrected chi connectivity index (χ1v) is 8.29. The van der Waals surface area contributed by atoms with Gasteiger partial charge in [-0.3, -0.25) is 9.78 Å². The second-order valence-corrected chi connectivity index (χ2v) is 6.45. The maximum atomic E-state index is 12.4. The van der Waals surface area contributed by atoms with Gasteiger partial charge in [-0.15, -0.1) is 0 Å². The maximum Gasteiger partial charge on any atom is 0.227 e. The summed E-state index contributed by atoms with van der Waals surface area (Å²) in [5, 5.41) is 4.06. The zero-order chi connectivity index (χ0) is 17.6. The smallest absolute Gasteiger partial charge is 0.227 e. The van der Waals surface area contributed by atoms with Crippen molar-refractivity contribution in [1.29, 1.82) is 0 Å². The van der Waals surface area contributed by atoms with Gasteiger partial charge in [0.25, 0.3) is 0 Å². The Morgan fingerprint density at radius 1 is 1.20 bits per heavy atom. The molecule has 0 saturated heterocycles. The fourth-order valence-electron chi connectivity index (χ4n) is 3.60. The minimum atomic E-state index is -0.183. The number of benzene rings is 1. The Morgan fingerprint density at radius 2 is 2.04 bits per heavy atom. The first-order chi connectivity index (χ1) is 12.1. The van der Waals surface area contributed by atoms with Crippen molar-refractivity contribution < 1.29 is 9.32 Å². The van der Waals surface area contributed by atoms with Crippen molar-refractivity contribution >= 4 is 5.91 Å². The Balaban J connectivity index is 1.90. The Hall–Kier alpha value is -2.95. The van der Waals surface area contributed by atoms with Crippen molar-refractivity contribution in [1.82, 2.24) is 15.0 Å². The van der Waals surface area contributed by atoms with Crippen LogP contribution in [0, 0.1) is 13.8 Å². The SMILES string of the molecule is Cc1noc(C)c1-c1ccc2c(c1)C(c1ccccn1)N(C)C(=O)C2. The predicted octanol–water partition coefficient (Wildman–Crippen LogP) is 3.46. The molecule has 0 radical (unpaired) electrons. The van der Waals surface area contributed by atoms with Gasteiger partial charge in [0.1, 0.15) is 5.76 Å². The average molecular weight is 333 g/mol. The van der Waals surface area contributed by atoms with Crippen molar-refractivity contribution in [2.24, 2.45) is 0 Å². The van der Waals surface area contributed by atoms with Crippen LogP contribution in [-0.4, -0.2) is 28.0 Å². The van der Waals surface area contributed by atoms with E-state index in [4.69, 9.17) is 4.52 Å². The van der Waals surface area contributed by atoms with Gasteiger partial charge in [0.05, 0.1) is 23.9 Å². The topological polar surface area (TPSA) is 59.2 Å². The van der Waals surface area contributed by atoms with Crippen molar-refractivity contribution in [3.63, 3.8) is 0 Å². The quantitative estimate of drug-likeness (QED) is 0.720. The lowest BCUT2D eigenvalue weighted by atomic mass is 9.87. The number of pyridine rings is 1. The molecule has 1 amide bonds. The van der Waals surface area contributed by atoms with E-state index in [0.29, 0.717) is 6.42 Å². The van der Waals surface area contributed by atoms with E-state index in [9.17, 15) is 4.79 Å². The molecule has 0 aliphatic carbocycles. The van der Waals surface area contributed by atoms with Crippen LogP contribution in [0.25, 0.3) is 11.1 Å². The van der Waals surface area contributed by atoms with Crippen LogP contribution in [0.1, 0.15) is 34.3 Å². The number of aromatic nitrogens is 2. The third-order valence-corrected chi connectivity index (χ3v) is 4.85. The number of hydrogen-bond acceptors (Lipinski definition) is 4. The van der Waals surface area contributed by atoms with E-state index in [0.717, 1.165) is 39.4 Å². The summed E-state index contributed by atoms with van der Waals surface area (Å²) >= 11 is 0. The van der Waals surface area contributed by atoms with Crippen LogP contribution in [0.5, 0.6) is 0 Å². The first-order valence-electron chi connectivity index (χ1n) is 8.29. The molecule has 3 aromatic rings. The second-order valence-electron chi connectivity index (χ2n) is 6.45. The van der Waals surface area contributed by atoms with E-state index in [2.05, 4.69) is 16.2 Å². The zero-order valence-electron chi connectivity index (χ0n) is 14.5. The van der Waals surface area contributed by atoms with E-state index in [1.807, 2.05) is 51.2 Å². The molecule has 3 heterocycles. The summed E-state index contributed by atoms with van der Waals surface area (Å²) in [4.78, 5) is 18.7. The van der Waals surface area contributed by atoms with Gasteiger partial charge < -0.3 is 9.42 Å². The summed E-state index contributed by atoms with van der Waals surface area (Å²) in [7, 11) is 1.84. The van der Waals surface area contributed by atoms with Crippen molar-refractivity contribution in [3.05, 3.63) is 70.9 Å². The molecule has 126 valence electrons. The van der Waals surface area contributed by atoms with E-state index < -0.39 is 0 Å². The number of carbonyl (C=O) groups is 1. The molecule has 5 nitrogen and oxygen atoms in total. The van der Waals surface area contributed by atoms with Crippen LogP contribution in [0.3, 0.4) is 0 Å². The number of amides is 1. The molecule has 1 atom stereocenters. The number of carbonyl (C=O) groups excluding carboxylic acids is 1. The highest BCUT2D eigenvalue weighted by molar-refractivity contribution is 5.83. The molecule has 25 heavy (non-hydrogen) atoms. The second kappa shape index (κ2) is 5.84. The number of aryl methyl sites for hydroxylation is 2. The van der Waals surface area contributed by atoms with Gasteiger partial charge in [-0.2, -0.15) is 0 Å². The van der Waals surface area contributed by atoms with Crippen molar-refractivity contribution in [2.45, 2.75) is 26.3 Å². The van der Waals surface area contributed by atoms with Gasteiger partial charge in [0, 0.05) is 18.8 Å². The highest BCUT2D eigenvalue weighted by Gasteiger charge is 2.32. The monoisotopic (exact) mass is 333 g/mol. The van der Waals surface area contributed by atoms with Gasteiger partial charge in [-0.05, 0) is 48.7 Å². The van der Waals surface area contributed by atoms with Crippen molar-refractivity contribution in [2.75, 3.05) is 7.05 Å². The first kappa shape index (κ1) is 15.6. The Labute approximate surface area is 146 Å². The summed E-state index contributed by atoms with van der Waals surface area (Å²) in [5.41, 5.74) is 5.97. The number of likely N-dealkylation sites (N-methyl/N-ethyl adjacent to an activating group) is 1. The van der Waals surface area contributed by atoms with Gasteiger partial charge in [0.15, 0.2) is 0 Å². The molecule has 0 bridgehead atoms. The number of fused-ring (bicyclic) bond motifs is 1. The molecule has 0 N–H and O–H groups in total. The van der Waals surface area contributed by atoms with E-state index >= 15 is 0 Å². The third kappa shape index (κ3) is 2.52. The van der Waals surface area contributed by atoms with Gasteiger partial charge in [0.2, 0.25) is 5.91 Å². The number of nitrogens with zero attached hydrogens (tertiary/aromatic N) is 3. The molecule has 5 heteroatoms. The molecular weight excluding hydrogens is 314 g/mol. The fourth-order valence-corrected chi connectivity index (χ4v) is 3.60. The molecule has 0 saturated carbocycles. The molecule has 4 rings (SSSR count). The van der Waals surface area contributed by atoms with Crippen LogP contribution < -0.4 is 0 Å². The molecule has 1 unspecified atom stereocenters. The lowest BCUT2D eigenvalue weighted by molar-refractivity contribution is -0.131. The molecule has 1 aliphatic heterocycles. The van der Waals surface area contributed by atoms with Crippen LogP contribution in [-0.2, 0) is 11.2 Å².